The van der Waals surface area contributed by atoms with Crippen molar-refractivity contribution < 1.29 is 9.21 Å². The zero-order chi connectivity index (χ0) is 19.5. The second kappa shape index (κ2) is 8.08. The maximum absolute atomic E-state index is 13.0. The van der Waals surface area contributed by atoms with Crippen molar-refractivity contribution in [3.8, 4) is 11.5 Å². The van der Waals surface area contributed by atoms with Crippen LogP contribution in [-0.2, 0) is 6.54 Å². The van der Waals surface area contributed by atoms with E-state index in [9.17, 15) is 4.79 Å². The minimum Gasteiger partial charge on any atom is -0.419 e. The lowest BCUT2D eigenvalue weighted by atomic mass is 10.2. The predicted octanol–water partition coefficient (Wildman–Crippen LogP) is 5.05. The molecule has 4 aromatic rings. The number of rotatable bonds is 6. The van der Waals surface area contributed by atoms with Crippen molar-refractivity contribution in [2.45, 2.75) is 19.9 Å². The predicted molar refractivity (Wildman–Crippen MR) is 109 cm³/mol. The van der Waals surface area contributed by atoms with Gasteiger partial charge in [-0.2, -0.15) is 0 Å². The fourth-order valence-electron chi connectivity index (χ4n) is 2.92. The van der Waals surface area contributed by atoms with Crippen LogP contribution in [0.5, 0.6) is 0 Å². The third-order valence-electron chi connectivity index (χ3n) is 4.26. The van der Waals surface area contributed by atoms with Gasteiger partial charge in [-0.05, 0) is 36.8 Å². The van der Waals surface area contributed by atoms with Crippen LogP contribution in [0.15, 0.2) is 52.4 Å². The SMILES string of the molecule is CCCN(Cc1nnc(-c2ccccc2Cl)o1)C(=O)c1ccc2ncsc2c1. The summed E-state index contributed by atoms with van der Waals surface area (Å²) in [5, 5.41) is 8.72. The van der Waals surface area contributed by atoms with Crippen LogP contribution in [0.3, 0.4) is 0 Å². The molecule has 1 amide bonds. The van der Waals surface area contributed by atoms with Gasteiger partial charge in [0, 0.05) is 12.1 Å². The highest BCUT2D eigenvalue weighted by Crippen LogP contribution is 2.27. The largest absolute Gasteiger partial charge is 0.419 e. The molecule has 28 heavy (non-hydrogen) atoms. The highest BCUT2D eigenvalue weighted by molar-refractivity contribution is 7.16. The summed E-state index contributed by atoms with van der Waals surface area (Å²) in [6.07, 6.45) is 0.819. The summed E-state index contributed by atoms with van der Waals surface area (Å²) in [4.78, 5) is 19.0. The van der Waals surface area contributed by atoms with Crippen LogP contribution >= 0.6 is 22.9 Å². The number of aromatic nitrogens is 3. The minimum atomic E-state index is -0.0744. The first-order valence-electron chi connectivity index (χ1n) is 8.85. The molecule has 0 bridgehead atoms. The zero-order valence-electron chi connectivity index (χ0n) is 15.1. The summed E-state index contributed by atoms with van der Waals surface area (Å²) in [5.74, 6) is 0.640. The lowest BCUT2D eigenvalue weighted by Gasteiger charge is -2.20. The second-order valence-corrected chi connectivity index (χ2v) is 7.54. The Morgan fingerprint density at radius 2 is 2.07 bits per heavy atom. The van der Waals surface area contributed by atoms with E-state index in [0.29, 0.717) is 34.5 Å². The second-order valence-electron chi connectivity index (χ2n) is 6.24. The zero-order valence-corrected chi connectivity index (χ0v) is 16.7. The lowest BCUT2D eigenvalue weighted by Crippen LogP contribution is -2.31. The van der Waals surface area contributed by atoms with E-state index in [2.05, 4.69) is 15.2 Å². The molecule has 6 nitrogen and oxygen atoms in total. The van der Waals surface area contributed by atoms with E-state index < -0.39 is 0 Å². The molecule has 2 aromatic carbocycles. The van der Waals surface area contributed by atoms with Gasteiger partial charge in [-0.1, -0.05) is 30.7 Å². The molecular formula is C20H17ClN4O2S. The van der Waals surface area contributed by atoms with E-state index in [1.54, 1.807) is 22.5 Å². The van der Waals surface area contributed by atoms with Crippen molar-refractivity contribution in [1.82, 2.24) is 20.1 Å². The Balaban J connectivity index is 1.57. The van der Waals surface area contributed by atoms with Gasteiger partial charge in [-0.25, -0.2) is 4.98 Å². The number of amides is 1. The van der Waals surface area contributed by atoms with Crippen LogP contribution in [0.1, 0.15) is 29.6 Å². The molecule has 4 rings (SSSR count). The Bertz CT molecular complexity index is 1120. The van der Waals surface area contributed by atoms with Crippen LogP contribution in [0.4, 0.5) is 0 Å². The maximum Gasteiger partial charge on any atom is 0.254 e. The summed E-state index contributed by atoms with van der Waals surface area (Å²) < 4.78 is 6.75. The molecule has 8 heteroatoms. The van der Waals surface area contributed by atoms with Crippen molar-refractivity contribution in [1.29, 1.82) is 0 Å². The van der Waals surface area contributed by atoms with Gasteiger partial charge in [0.15, 0.2) is 0 Å². The maximum atomic E-state index is 13.0. The van der Waals surface area contributed by atoms with Crippen molar-refractivity contribution in [2.24, 2.45) is 0 Å². The van der Waals surface area contributed by atoms with E-state index >= 15 is 0 Å². The molecule has 0 aliphatic rings. The molecule has 0 aliphatic carbocycles. The van der Waals surface area contributed by atoms with Crippen LogP contribution in [0, 0.1) is 0 Å². The number of halogens is 1. The lowest BCUT2D eigenvalue weighted by molar-refractivity contribution is 0.0729. The van der Waals surface area contributed by atoms with Crippen molar-refractivity contribution in [3.63, 3.8) is 0 Å². The van der Waals surface area contributed by atoms with Crippen LogP contribution in [-0.4, -0.2) is 32.5 Å². The van der Waals surface area contributed by atoms with Gasteiger partial charge < -0.3 is 9.32 Å². The molecule has 142 valence electrons. The number of carbonyl (C=O) groups is 1. The fraction of sp³-hybridized carbons (Fsp3) is 0.200. The molecule has 0 N–H and O–H groups in total. The minimum absolute atomic E-state index is 0.0744. The average Bonchev–Trinajstić information content (AvgIpc) is 3.36. The molecule has 0 fully saturated rings. The Kier molecular flexibility index (Phi) is 5.36. The Morgan fingerprint density at radius 3 is 2.89 bits per heavy atom. The van der Waals surface area contributed by atoms with Gasteiger partial charge in [0.05, 0.1) is 32.9 Å². The molecule has 0 saturated heterocycles. The Labute approximate surface area is 170 Å². The normalized spacial score (nSPS) is 11.1. The number of fused-ring (bicyclic) bond motifs is 1. The number of hydrogen-bond acceptors (Lipinski definition) is 6. The van der Waals surface area contributed by atoms with Gasteiger partial charge in [0.1, 0.15) is 0 Å². The summed E-state index contributed by atoms with van der Waals surface area (Å²) in [6.45, 7) is 2.85. The van der Waals surface area contributed by atoms with E-state index in [1.807, 2.05) is 37.3 Å². The highest BCUT2D eigenvalue weighted by atomic mass is 35.5. The smallest absolute Gasteiger partial charge is 0.254 e. The van der Waals surface area contributed by atoms with Crippen LogP contribution in [0.2, 0.25) is 5.02 Å². The fourth-order valence-corrected chi connectivity index (χ4v) is 3.85. The molecule has 0 saturated carbocycles. The number of benzene rings is 2. The van der Waals surface area contributed by atoms with Crippen LogP contribution in [0.25, 0.3) is 21.7 Å². The first-order valence-corrected chi connectivity index (χ1v) is 10.1. The van der Waals surface area contributed by atoms with Gasteiger partial charge in [-0.3, -0.25) is 4.79 Å². The van der Waals surface area contributed by atoms with E-state index in [4.69, 9.17) is 16.0 Å². The number of thiazole rings is 1. The number of carbonyl (C=O) groups excluding carboxylic acids is 1. The summed E-state index contributed by atoms with van der Waals surface area (Å²) in [5.41, 5.74) is 3.96. The van der Waals surface area contributed by atoms with E-state index in [1.165, 1.54) is 11.3 Å². The summed E-state index contributed by atoms with van der Waals surface area (Å²) in [7, 11) is 0. The molecule has 0 spiro atoms. The highest BCUT2D eigenvalue weighted by Gasteiger charge is 2.20. The van der Waals surface area contributed by atoms with Crippen LogP contribution < -0.4 is 0 Å². The van der Waals surface area contributed by atoms with Crippen molar-refractivity contribution in [3.05, 3.63) is 64.5 Å². The molecular weight excluding hydrogens is 396 g/mol. The number of hydrogen-bond donors (Lipinski definition) is 0. The van der Waals surface area contributed by atoms with E-state index in [-0.39, 0.29) is 12.5 Å². The quantitative estimate of drug-likeness (QED) is 0.443. The van der Waals surface area contributed by atoms with E-state index in [0.717, 1.165) is 16.6 Å². The molecule has 0 unspecified atom stereocenters. The average molecular weight is 413 g/mol. The summed E-state index contributed by atoms with van der Waals surface area (Å²) >= 11 is 7.71. The van der Waals surface area contributed by atoms with Gasteiger partial charge >= 0.3 is 0 Å². The standard InChI is InChI=1S/C20H17ClN4O2S/c1-2-9-25(20(26)13-7-8-16-17(10-13)28-12-22-16)11-18-23-24-19(27-18)14-5-3-4-6-15(14)21/h3-8,10,12H,2,9,11H2,1H3. The van der Waals surface area contributed by atoms with Crippen molar-refractivity contribution in [2.75, 3.05) is 6.54 Å². The van der Waals surface area contributed by atoms with Crippen molar-refractivity contribution >= 4 is 39.1 Å². The molecule has 2 heterocycles. The first-order chi connectivity index (χ1) is 13.7. The monoisotopic (exact) mass is 412 g/mol. The molecule has 0 aliphatic heterocycles. The van der Waals surface area contributed by atoms with Gasteiger partial charge in [-0.15, -0.1) is 21.5 Å². The Hall–Kier alpha value is -2.77. The third-order valence-corrected chi connectivity index (χ3v) is 5.38. The third kappa shape index (κ3) is 3.76. The topological polar surface area (TPSA) is 72.1 Å². The van der Waals surface area contributed by atoms with Gasteiger partial charge in [0.25, 0.3) is 5.91 Å². The Morgan fingerprint density at radius 1 is 1.21 bits per heavy atom. The van der Waals surface area contributed by atoms with Gasteiger partial charge in [0.2, 0.25) is 11.8 Å². The first kappa shape index (κ1) is 18.6. The molecule has 0 atom stereocenters. The number of nitrogens with zero attached hydrogens (tertiary/aromatic N) is 4. The summed E-state index contributed by atoms with van der Waals surface area (Å²) in [6, 6.07) is 12.8. The molecule has 2 aromatic heterocycles. The molecule has 0 radical (unpaired) electrons.